The van der Waals surface area contributed by atoms with Crippen LogP contribution in [0.25, 0.3) is 0 Å². The summed E-state index contributed by atoms with van der Waals surface area (Å²) in [7, 11) is 0. The molecular weight excluding hydrogens is 300 g/mol. The molecule has 2 aliphatic heterocycles. The van der Waals surface area contributed by atoms with Crippen molar-refractivity contribution in [2.45, 2.75) is 19.9 Å². The average molecular weight is 315 g/mol. The molecule has 3 N–H and O–H groups in total. The van der Waals surface area contributed by atoms with Crippen LogP contribution in [-0.2, 0) is 9.53 Å². The Balaban J connectivity index is 2.37. The second kappa shape index (κ2) is 5.11. The zero-order valence-corrected chi connectivity index (χ0v) is 11.8. The van der Waals surface area contributed by atoms with Gasteiger partial charge in [-0.1, -0.05) is 15.9 Å². The molecule has 1 amide bonds. The number of halogens is 1. The van der Waals surface area contributed by atoms with Gasteiger partial charge in [0.15, 0.2) is 5.84 Å². The van der Waals surface area contributed by atoms with E-state index >= 15 is 0 Å². The fourth-order valence-electron chi connectivity index (χ4n) is 1.83. The van der Waals surface area contributed by atoms with Gasteiger partial charge in [0, 0.05) is 15.9 Å². The highest BCUT2D eigenvalue weighted by atomic mass is 79.9. The molecule has 0 aromatic carbocycles. The Morgan fingerprint density at radius 3 is 3.06 bits per heavy atom. The lowest BCUT2D eigenvalue weighted by Crippen LogP contribution is -2.55. The smallest absolute Gasteiger partial charge is 0.262 e. The number of nitrogens with two attached hydrogens (primary N) is 1. The van der Waals surface area contributed by atoms with Crippen molar-refractivity contribution in [2.75, 3.05) is 13.2 Å². The van der Waals surface area contributed by atoms with Crippen molar-refractivity contribution in [3.8, 4) is 0 Å². The number of amides is 1. The number of hydrazone groups is 1. The lowest BCUT2D eigenvalue weighted by atomic mass is 10.1. The lowest BCUT2D eigenvalue weighted by molar-refractivity contribution is -0.125. The molecule has 0 aromatic heterocycles. The summed E-state index contributed by atoms with van der Waals surface area (Å²) < 4.78 is 6.27. The van der Waals surface area contributed by atoms with E-state index in [1.807, 2.05) is 18.7 Å². The van der Waals surface area contributed by atoms with Crippen molar-refractivity contribution in [3.63, 3.8) is 0 Å². The van der Waals surface area contributed by atoms with Crippen molar-refractivity contribution in [1.82, 2.24) is 10.3 Å². The molecule has 1 unspecified atom stereocenters. The lowest BCUT2D eigenvalue weighted by Gasteiger charge is -2.38. The van der Waals surface area contributed by atoms with Crippen molar-refractivity contribution < 1.29 is 9.53 Å². The highest BCUT2D eigenvalue weighted by Gasteiger charge is 2.33. The molecular formula is C11H15BrN4O2. The zero-order chi connectivity index (χ0) is 13.3. The molecule has 0 radical (unpaired) electrons. The van der Waals surface area contributed by atoms with Gasteiger partial charge in [0.2, 0.25) is 0 Å². The molecule has 6 nitrogen and oxygen atoms in total. The van der Waals surface area contributed by atoms with E-state index < -0.39 is 0 Å². The molecule has 2 aliphatic rings. The van der Waals surface area contributed by atoms with Crippen molar-refractivity contribution in [2.24, 2.45) is 10.8 Å². The fourth-order valence-corrected chi connectivity index (χ4v) is 1.95. The van der Waals surface area contributed by atoms with Crippen LogP contribution in [0.5, 0.6) is 0 Å². The maximum Gasteiger partial charge on any atom is 0.262 e. The molecule has 1 saturated heterocycles. The molecule has 2 rings (SSSR count). The van der Waals surface area contributed by atoms with E-state index in [4.69, 9.17) is 10.5 Å². The summed E-state index contributed by atoms with van der Waals surface area (Å²) in [5.74, 6) is 0.560. The molecule has 1 atom stereocenters. The van der Waals surface area contributed by atoms with Gasteiger partial charge in [0.1, 0.15) is 12.6 Å². The summed E-state index contributed by atoms with van der Waals surface area (Å²) in [6.07, 6.45) is 1.80. The van der Waals surface area contributed by atoms with Gasteiger partial charge in [-0.05, 0) is 19.9 Å². The molecule has 1 fully saturated rings. The van der Waals surface area contributed by atoms with Crippen molar-refractivity contribution in [1.29, 1.82) is 0 Å². The predicted octanol–water partition coefficient (Wildman–Crippen LogP) is 0.619. The third kappa shape index (κ3) is 2.41. The molecule has 0 spiro atoms. The van der Waals surface area contributed by atoms with Crippen LogP contribution in [0.3, 0.4) is 0 Å². The summed E-state index contributed by atoms with van der Waals surface area (Å²) >= 11 is 3.32. The summed E-state index contributed by atoms with van der Waals surface area (Å²) in [6, 6.07) is -0.309. The summed E-state index contributed by atoms with van der Waals surface area (Å²) in [6.45, 7) is 4.48. The number of ether oxygens (including phenoxy) is 1. The Labute approximate surface area is 114 Å². The van der Waals surface area contributed by atoms with Crippen LogP contribution in [-0.4, -0.2) is 35.9 Å². The summed E-state index contributed by atoms with van der Waals surface area (Å²) in [4.78, 5) is 13.5. The number of amidine groups is 1. The van der Waals surface area contributed by atoms with Crippen LogP contribution in [0.4, 0.5) is 0 Å². The first kappa shape index (κ1) is 13.1. The van der Waals surface area contributed by atoms with E-state index in [0.29, 0.717) is 24.7 Å². The topological polar surface area (TPSA) is 80.0 Å². The maximum atomic E-state index is 11.6. The van der Waals surface area contributed by atoms with Gasteiger partial charge in [-0.3, -0.25) is 4.79 Å². The molecule has 2 heterocycles. The van der Waals surface area contributed by atoms with Crippen molar-refractivity contribution >= 4 is 27.7 Å². The Bertz CT molecular complexity index is 466. The Morgan fingerprint density at radius 1 is 1.67 bits per heavy atom. The van der Waals surface area contributed by atoms with Gasteiger partial charge in [-0.15, -0.1) is 0 Å². The van der Waals surface area contributed by atoms with Gasteiger partial charge in [0.05, 0.1) is 6.61 Å². The largest absolute Gasteiger partial charge is 0.398 e. The van der Waals surface area contributed by atoms with Crippen LogP contribution in [0.1, 0.15) is 13.8 Å². The first-order valence-electron chi connectivity index (χ1n) is 5.56. The van der Waals surface area contributed by atoms with E-state index in [-0.39, 0.29) is 11.9 Å². The Hall–Kier alpha value is -1.34. The van der Waals surface area contributed by atoms with E-state index in [0.717, 1.165) is 10.2 Å². The number of hydrogen-bond acceptors (Lipinski definition) is 5. The van der Waals surface area contributed by atoms with Crippen LogP contribution in [0, 0.1) is 0 Å². The number of carbonyl (C=O) groups excluding carboxylic acids is 1. The molecule has 0 aromatic rings. The van der Waals surface area contributed by atoms with Gasteiger partial charge >= 0.3 is 0 Å². The second-order valence-electron chi connectivity index (χ2n) is 4.17. The van der Waals surface area contributed by atoms with Crippen molar-refractivity contribution in [3.05, 3.63) is 22.0 Å². The van der Waals surface area contributed by atoms with E-state index in [1.54, 1.807) is 6.08 Å². The number of rotatable bonds is 1. The number of nitrogens with zero attached hydrogens (tertiary/aromatic N) is 2. The van der Waals surface area contributed by atoms with E-state index in [2.05, 4.69) is 26.5 Å². The minimum absolute atomic E-state index is 0.135. The van der Waals surface area contributed by atoms with Crippen LogP contribution >= 0.6 is 15.9 Å². The normalized spacial score (nSPS) is 27.4. The number of morpholine rings is 1. The molecule has 0 bridgehead atoms. The summed E-state index contributed by atoms with van der Waals surface area (Å²) in [5, 5.41) is 3.99. The molecule has 0 aliphatic carbocycles. The maximum absolute atomic E-state index is 11.6. The van der Waals surface area contributed by atoms with E-state index in [1.165, 1.54) is 0 Å². The van der Waals surface area contributed by atoms with Crippen LogP contribution in [0.2, 0.25) is 0 Å². The number of allylic oxidation sites excluding steroid dienone is 2. The van der Waals surface area contributed by atoms with Crippen LogP contribution < -0.4 is 11.2 Å². The minimum Gasteiger partial charge on any atom is -0.398 e. The summed E-state index contributed by atoms with van der Waals surface area (Å²) in [5.41, 5.74) is 9.79. The SMILES string of the molecule is C/C(Br)=C(N)\C=C1/COCC2=NNC(=O)C(C)N21. The first-order chi connectivity index (χ1) is 8.50. The quantitative estimate of drug-likeness (QED) is 0.743. The number of fused-ring (bicyclic) bond motifs is 1. The zero-order valence-electron chi connectivity index (χ0n) is 10.2. The van der Waals surface area contributed by atoms with Gasteiger partial charge in [0.25, 0.3) is 5.91 Å². The minimum atomic E-state index is -0.309. The third-order valence-electron chi connectivity index (χ3n) is 2.85. The van der Waals surface area contributed by atoms with Crippen LogP contribution in [0.15, 0.2) is 27.1 Å². The first-order valence-corrected chi connectivity index (χ1v) is 6.36. The number of hydrogen-bond donors (Lipinski definition) is 2. The van der Waals surface area contributed by atoms with Gasteiger partial charge < -0.3 is 15.4 Å². The monoisotopic (exact) mass is 314 g/mol. The van der Waals surface area contributed by atoms with Gasteiger partial charge in [-0.2, -0.15) is 5.10 Å². The Morgan fingerprint density at radius 2 is 2.39 bits per heavy atom. The predicted molar refractivity (Wildman–Crippen MR) is 71.6 cm³/mol. The number of carbonyl (C=O) groups is 1. The third-order valence-corrected chi connectivity index (χ3v) is 3.31. The fraction of sp³-hybridized carbons (Fsp3) is 0.455. The molecule has 98 valence electrons. The van der Waals surface area contributed by atoms with Gasteiger partial charge in [-0.25, -0.2) is 5.43 Å². The van der Waals surface area contributed by atoms with E-state index in [9.17, 15) is 4.79 Å². The highest BCUT2D eigenvalue weighted by molar-refractivity contribution is 9.11. The molecule has 18 heavy (non-hydrogen) atoms. The molecule has 7 heteroatoms. The highest BCUT2D eigenvalue weighted by Crippen LogP contribution is 2.21. The second-order valence-corrected chi connectivity index (χ2v) is 5.36. The molecule has 0 saturated carbocycles. The standard InChI is InChI=1S/C11H15BrN4O2/c1-6(12)9(13)3-8-4-18-5-10-14-15-11(17)7(2)16(8)10/h3,7H,4-5,13H2,1-2H3,(H,15,17)/b8-3+,9-6-. The Kier molecular flexibility index (Phi) is 3.72. The average Bonchev–Trinajstić information content (AvgIpc) is 2.34. The number of nitrogens with one attached hydrogen (secondary N) is 1.